The van der Waals surface area contributed by atoms with Gasteiger partial charge in [0.15, 0.2) is 23.0 Å². The Morgan fingerprint density at radius 2 is 1.24 bits per heavy atom. The van der Waals surface area contributed by atoms with Crippen molar-refractivity contribution >= 4 is 33.6 Å². The maximum atomic E-state index is 6.21. The molecule has 2 aliphatic rings. The summed E-state index contributed by atoms with van der Waals surface area (Å²) in [6.45, 7) is 8.66. The smallest absolute Gasteiger partial charge is 0.172 e. The van der Waals surface area contributed by atoms with Gasteiger partial charge in [0.1, 0.15) is 0 Å². The zero-order valence-corrected chi connectivity index (χ0v) is 20.9. The fourth-order valence-electron chi connectivity index (χ4n) is 5.16. The summed E-state index contributed by atoms with van der Waals surface area (Å²) in [6.07, 6.45) is 0. The Bertz CT molecular complexity index is 1600. The Kier molecular flexibility index (Phi) is 4.72. The van der Waals surface area contributed by atoms with Crippen LogP contribution in [0.5, 0.6) is 23.0 Å². The molecule has 1 aromatic heterocycles. The topological polar surface area (TPSA) is 23.4 Å². The average molecular weight is 466 g/mol. The first kappa shape index (κ1) is 21.2. The van der Waals surface area contributed by atoms with Crippen LogP contribution in [0.4, 0.5) is 0 Å². The number of aromatic nitrogens is 1. The molecule has 170 valence electrons. The van der Waals surface area contributed by atoms with Crippen LogP contribution in [0.25, 0.3) is 21.8 Å². The van der Waals surface area contributed by atoms with E-state index in [1.165, 1.54) is 37.2 Å². The summed E-state index contributed by atoms with van der Waals surface area (Å²) >= 11 is 1.87. The second kappa shape index (κ2) is 7.57. The van der Waals surface area contributed by atoms with Crippen molar-refractivity contribution in [1.82, 2.24) is 4.57 Å². The Morgan fingerprint density at radius 3 is 1.97 bits per heavy atom. The number of hydrogen-bond acceptors (Lipinski definition) is 3. The highest BCUT2D eigenvalue weighted by Gasteiger charge is 2.34. The van der Waals surface area contributed by atoms with E-state index in [4.69, 9.17) is 9.47 Å². The van der Waals surface area contributed by atoms with Crippen LogP contribution in [0.2, 0.25) is 0 Å². The summed E-state index contributed by atoms with van der Waals surface area (Å²) < 4.78 is 14.6. The standard InChI is InChI=1S/C28H21NO2S.C2H6/c1-28(2)18-8-4-7-11-26(18)32-27-15-21-16(12-19(27)28)17-13-24-25(14-20(17)29(21)3)31-23-10-6-5-9-22(23)30-24;1-2/h4-15H,1-3H3;1-2H3. The van der Waals surface area contributed by atoms with Crippen molar-refractivity contribution in [3.8, 4) is 23.0 Å². The summed E-state index contributed by atoms with van der Waals surface area (Å²) in [5.41, 5.74) is 5.08. The van der Waals surface area contributed by atoms with E-state index < -0.39 is 0 Å². The molecule has 0 fully saturated rings. The number of para-hydroxylation sites is 2. The molecule has 0 radical (unpaired) electrons. The molecule has 0 unspecified atom stereocenters. The molecule has 3 nitrogen and oxygen atoms in total. The molecule has 34 heavy (non-hydrogen) atoms. The molecule has 5 aromatic rings. The summed E-state index contributed by atoms with van der Waals surface area (Å²) in [5, 5.41) is 2.44. The number of ether oxygens (including phenoxy) is 2. The molecule has 2 aliphatic heterocycles. The number of aryl methyl sites for hydroxylation is 1. The van der Waals surface area contributed by atoms with Gasteiger partial charge in [0.25, 0.3) is 0 Å². The lowest BCUT2D eigenvalue weighted by atomic mass is 9.77. The van der Waals surface area contributed by atoms with Gasteiger partial charge in [0, 0.05) is 44.6 Å². The minimum atomic E-state index is -0.0553. The quantitative estimate of drug-likeness (QED) is 0.223. The zero-order chi connectivity index (χ0) is 23.6. The van der Waals surface area contributed by atoms with Crippen molar-refractivity contribution in [3.05, 3.63) is 83.9 Å². The Labute approximate surface area is 204 Å². The number of rotatable bonds is 0. The van der Waals surface area contributed by atoms with E-state index in [0.29, 0.717) is 0 Å². The van der Waals surface area contributed by atoms with E-state index in [9.17, 15) is 0 Å². The summed E-state index contributed by atoms with van der Waals surface area (Å²) in [5.74, 6) is 3.03. The van der Waals surface area contributed by atoms with E-state index in [0.717, 1.165) is 28.5 Å². The fraction of sp³-hybridized carbons (Fsp3) is 0.200. The van der Waals surface area contributed by atoms with E-state index in [1.54, 1.807) is 0 Å². The highest BCUT2D eigenvalue weighted by atomic mass is 32.2. The van der Waals surface area contributed by atoms with Crippen molar-refractivity contribution in [2.45, 2.75) is 42.9 Å². The molecule has 4 aromatic carbocycles. The first-order valence-corrected chi connectivity index (χ1v) is 12.6. The lowest BCUT2D eigenvalue weighted by Crippen LogP contribution is -2.23. The minimum absolute atomic E-state index is 0.0553. The van der Waals surface area contributed by atoms with Gasteiger partial charge in [-0.05, 0) is 47.5 Å². The van der Waals surface area contributed by atoms with Crippen molar-refractivity contribution < 1.29 is 9.47 Å². The summed E-state index contributed by atoms with van der Waals surface area (Å²) in [7, 11) is 2.13. The minimum Gasteiger partial charge on any atom is -0.449 e. The number of hydrogen-bond donors (Lipinski definition) is 0. The molecule has 0 N–H and O–H groups in total. The fourth-order valence-corrected chi connectivity index (χ4v) is 6.57. The second-order valence-corrected chi connectivity index (χ2v) is 10.2. The first-order valence-electron chi connectivity index (χ1n) is 11.8. The van der Waals surface area contributed by atoms with Gasteiger partial charge in [0.05, 0.1) is 5.52 Å². The third-order valence-electron chi connectivity index (χ3n) is 6.92. The second-order valence-electron chi connectivity index (χ2n) is 9.11. The van der Waals surface area contributed by atoms with Gasteiger partial charge in [-0.25, -0.2) is 0 Å². The summed E-state index contributed by atoms with van der Waals surface area (Å²) in [4.78, 5) is 2.68. The van der Waals surface area contributed by atoms with Gasteiger partial charge in [-0.1, -0.05) is 69.8 Å². The van der Waals surface area contributed by atoms with Gasteiger partial charge >= 0.3 is 0 Å². The number of nitrogens with zero attached hydrogens (tertiary/aromatic N) is 1. The van der Waals surface area contributed by atoms with Crippen LogP contribution in [0.1, 0.15) is 38.8 Å². The average Bonchev–Trinajstić information content (AvgIpc) is 3.12. The Hall–Kier alpha value is -3.37. The maximum Gasteiger partial charge on any atom is 0.172 e. The van der Waals surface area contributed by atoms with E-state index in [2.05, 4.69) is 74.0 Å². The largest absolute Gasteiger partial charge is 0.449 e. The van der Waals surface area contributed by atoms with Crippen molar-refractivity contribution in [1.29, 1.82) is 0 Å². The number of benzene rings is 4. The molecular weight excluding hydrogens is 438 g/mol. The molecule has 0 spiro atoms. The van der Waals surface area contributed by atoms with Crippen LogP contribution in [0.15, 0.2) is 82.6 Å². The van der Waals surface area contributed by atoms with Crippen LogP contribution in [0.3, 0.4) is 0 Å². The molecule has 0 saturated carbocycles. The third-order valence-corrected chi connectivity index (χ3v) is 8.05. The first-order chi connectivity index (χ1) is 16.5. The van der Waals surface area contributed by atoms with Crippen LogP contribution >= 0.6 is 11.8 Å². The normalized spacial score (nSPS) is 14.6. The van der Waals surface area contributed by atoms with Gasteiger partial charge in [0.2, 0.25) is 0 Å². The molecule has 7 rings (SSSR count). The van der Waals surface area contributed by atoms with Crippen LogP contribution in [-0.2, 0) is 12.5 Å². The highest BCUT2D eigenvalue weighted by Crippen LogP contribution is 2.52. The van der Waals surface area contributed by atoms with Gasteiger partial charge in [-0.3, -0.25) is 0 Å². The SMILES string of the molecule is CC.Cn1c2cc3c(cc2c2cc4c(cc21)Sc1ccccc1C4(C)C)Oc1ccccc1O3. The van der Waals surface area contributed by atoms with Crippen LogP contribution < -0.4 is 9.47 Å². The summed E-state index contributed by atoms with van der Waals surface area (Å²) in [6, 6.07) is 25.6. The van der Waals surface area contributed by atoms with E-state index >= 15 is 0 Å². The van der Waals surface area contributed by atoms with Crippen molar-refractivity contribution in [2.75, 3.05) is 0 Å². The zero-order valence-electron chi connectivity index (χ0n) is 20.1. The predicted molar refractivity (Wildman–Crippen MR) is 141 cm³/mol. The molecule has 0 bridgehead atoms. The van der Waals surface area contributed by atoms with Crippen LogP contribution in [-0.4, -0.2) is 4.57 Å². The molecular formula is C30H27NO2S. The van der Waals surface area contributed by atoms with Gasteiger partial charge in [-0.2, -0.15) is 0 Å². The van der Waals surface area contributed by atoms with Gasteiger partial charge < -0.3 is 14.0 Å². The van der Waals surface area contributed by atoms with Gasteiger partial charge in [-0.15, -0.1) is 0 Å². The molecule has 0 amide bonds. The highest BCUT2D eigenvalue weighted by molar-refractivity contribution is 7.99. The monoisotopic (exact) mass is 465 g/mol. The van der Waals surface area contributed by atoms with E-state index in [-0.39, 0.29) is 5.41 Å². The molecule has 0 atom stereocenters. The third kappa shape index (κ3) is 2.91. The van der Waals surface area contributed by atoms with Crippen LogP contribution in [0, 0.1) is 0 Å². The molecule has 0 aliphatic carbocycles. The lowest BCUT2D eigenvalue weighted by molar-refractivity contribution is 0.360. The number of fused-ring (bicyclic) bond motifs is 7. The van der Waals surface area contributed by atoms with Crippen molar-refractivity contribution in [3.63, 3.8) is 0 Å². The molecule has 0 saturated heterocycles. The lowest BCUT2D eigenvalue weighted by Gasteiger charge is -2.34. The Balaban J connectivity index is 0.00000106. The predicted octanol–water partition coefficient (Wildman–Crippen LogP) is 9.05. The Morgan fingerprint density at radius 1 is 0.647 bits per heavy atom. The van der Waals surface area contributed by atoms with Crippen molar-refractivity contribution in [2.24, 2.45) is 7.05 Å². The van der Waals surface area contributed by atoms with E-state index in [1.807, 2.05) is 49.9 Å². The molecule has 3 heterocycles. The molecule has 4 heteroatoms. The maximum absolute atomic E-state index is 6.21.